The number of nitrogens with zero attached hydrogens (tertiary/aromatic N) is 1. The van der Waals surface area contributed by atoms with Gasteiger partial charge in [-0.1, -0.05) is 185 Å². The van der Waals surface area contributed by atoms with Gasteiger partial charge in [-0.2, -0.15) is 0 Å². The average molecular weight is 836 g/mol. The Labute approximate surface area is 381 Å². The van der Waals surface area contributed by atoms with Crippen molar-refractivity contribution in [2.75, 3.05) is 4.90 Å². The fourth-order valence-corrected chi connectivity index (χ4v) is 12.4. The Bertz CT molecular complexity index is 3490. The normalized spacial score (nSPS) is 15.2. The van der Waals surface area contributed by atoms with E-state index in [1.165, 1.54) is 116 Å². The van der Waals surface area contributed by atoms with Crippen molar-refractivity contribution in [2.24, 2.45) is 0 Å². The summed E-state index contributed by atoms with van der Waals surface area (Å²) in [5.74, 6) is 0. The van der Waals surface area contributed by atoms with Gasteiger partial charge in [-0.3, -0.25) is 0 Å². The Hall–Kier alpha value is -7.42. The third-order valence-electron chi connectivity index (χ3n) is 15.3. The molecule has 0 saturated heterocycles. The minimum absolute atomic E-state index is 0.0584. The van der Waals surface area contributed by atoms with E-state index >= 15 is 0 Å². The zero-order valence-electron chi connectivity index (χ0n) is 36.9. The van der Waals surface area contributed by atoms with Gasteiger partial charge in [0, 0.05) is 38.7 Å². The first-order valence-electron chi connectivity index (χ1n) is 23.5. The van der Waals surface area contributed by atoms with E-state index in [2.05, 4.69) is 213 Å². The second kappa shape index (κ2) is 14.6. The molecule has 9 aromatic carbocycles. The van der Waals surface area contributed by atoms with Crippen LogP contribution in [0.2, 0.25) is 0 Å². The summed E-state index contributed by atoms with van der Waals surface area (Å²) >= 11 is 0. The molecule has 312 valence electrons. The van der Waals surface area contributed by atoms with Crippen LogP contribution >= 0.6 is 0 Å². The summed E-state index contributed by atoms with van der Waals surface area (Å²) in [6, 6.07) is 74.5. The summed E-state index contributed by atoms with van der Waals surface area (Å²) < 4.78 is 6.31. The number of hydrogen-bond acceptors (Lipinski definition) is 2. The molecular weight excluding hydrogens is 787 g/mol. The van der Waals surface area contributed by atoms with E-state index in [-0.39, 0.29) is 10.8 Å². The molecule has 0 aliphatic heterocycles. The van der Waals surface area contributed by atoms with E-state index < -0.39 is 0 Å². The lowest BCUT2D eigenvalue weighted by atomic mass is 9.68. The molecule has 1 spiro atoms. The van der Waals surface area contributed by atoms with Crippen LogP contribution in [-0.2, 0) is 10.8 Å². The number of benzene rings is 9. The van der Waals surface area contributed by atoms with Crippen molar-refractivity contribution >= 4 is 39.0 Å². The lowest BCUT2D eigenvalue weighted by molar-refractivity contribution is 0.353. The van der Waals surface area contributed by atoms with E-state index in [0.29, 0.717) is 0 Å². The van der Waals surface area contributed by atoms with Crippen LogP contribution in [0.3, 0.4) is 0 Å². The fourth-order valence-electron chi connectivity index (χ4n) is 12.4. The van der Waals surface area contributed by atoms with Gasteiger partial charge in [0.2, 0.25) is 0 Å². The molecule has 1 aromatic heterocycles. The molecule has 0 unspecified atom stereocenters. The highest BCUT2D eigenvalue weighted by molar-refractivity contribution is 6.12. The first-order valence-corrected chi connectivity index (χ1v) is 23.5. The standard InChI is InChI=1S/C63H49NO/c1-62(2)55-24-9-6-19-50(55)53-23-14-22-52(61(53)62)48-17-5-4-16-46(48)41-28-32-43(33-29-41)64(45-36-37-51-49-18-7-10-25-56(49)63(57(51)40-45)38-12-3-13-39-63)44-34-30-42(31-35-44)47-21-15-27-59-60(47)54-20-8-11-26-58(54)65-59/h4-11,14-37,40H,3,12-13,38-39H2,1-2H3. The van der Waals surface area contributed by atoms with Crippen molar-refractivity contribution in [3.63, 3.8) is 0 Å². The highest BCUT2D eigenvalue weighted by atomic mass is 16.3. The van der Waals surface area contributed by atoms with Crippen molar-refractivity contribution < 1.29 is 4.42 Å². The molecule has 1 fully saturated rings. The van der Waals surface area contributed by atoms with Gasteiger partial charge in [0.15, 0.2) is 0 Å². The van der Waals surface area contributed by atoms with Gasteiger partial charge in [0.1, 0.15) is 11.2 Å². The molecule has 0 N–H and O–H groups in total. The molecule has 10 aromatic rings. The van der Waals surface area contributed by atoms with Crippen molar-refractivity contribution in [2.45, 2.75) is 56.8 Å². The minimum Gasteiger partial charge on any atom is -0.456 e. The maximum absolute atomic E-state index is 6.31. The van der Waals surface area contributed by atoms with Gasteiger partial charge in [-0.05, 0) is 139 Å². The first kappa shape index (κ1) is 38.1. The lowest BCUT2D eigenvalue weighted by Crippen LogP contribution is -2.28. The summed E-state index contributed by atoms with van der Waals surface area (Å²) in [5.41, 5.74) is 23.9. The van der Waals surface area contributed by atoms with Crippen LogP contribution in [0.1, 0.15) is 68.2 Å². The maximum atomic E-state index is 6.31. The minimum atomic E-state index is -0.109. The summed E-state index contributed by atoms with van der Waals surface area (Å²) in [6.45, 7) is 4.76. The van der Waals surface area contributed by atoms with Crippen molar-refractivity contribution in [1.82, 2.24) is 0 Å². The summed E-state index contributed by atoms with van der Waals surface area (Å²) in [4.78, 5) is 2.47. The molecule has 0 atom stereocenters. The molecule has 1 saturated carbocycles. The van der Waals surface area contributed by atoms with Gasteiger partial charge < -0.3 is 9.32 Å². The molecule has 13 rings (SSSR count). The molecular formula is C63H49NO. The number of furan rings is 1. The number of fused-ring (bicyclic) bond motifs is 11. The SMILES string of the molecule is CC1(C)c2ccccc2-c2cccc(-c3ccccc3-c3ccc(N(c4ccc(-c5cccc6oc7ccccc7c56)cc4)c4ccc5c(c4)C4(CCCCC4)c4ccccc4-5)cc3)c21. The monoisotopic (exact) mass is 835 g/mol. The van der Waals surface area contributed by atoms with Crippen LogP contribution in [0.25, 0.3) is 77.6 Å². The van der Waals surface area contributed by atoms with E-state index in [0.717, 1.165) is 33.3 Å². The molecule has 2 heteroatoms. The zero-order chi connectivity index (χ0) is 43.3. The summed E-state index contributed by atoms with van der Waals surface area (Å²) in [6.07, 6.45) is 6.24. The van der Waals surface area contributed by atoms with Crippen molar-refractivity contribution in [3.8, 4) is 55.6 Å². The van der Waals surface area contributed by atoms with E-state index in [1.54, 1.807) is 0 Å². The average Bonchev–Trinajstić information content (AvgIpc) is 3.96. The van der Waals surface area contributed by atoms with Crippen LogP contribution in [-0.4, -0.2) is 0 Å². The Morgan fingerprint density at radius 3 is 1.63 bits per heavy atom. The van der Waals surface area contributed by atoms with Crippen molar-refractivity contribution in [3.05, 3.63) is 222 Å². The highest BCUT2D eigenvalue weighted by Gasteiger charge is 2.44. The molecule has 1 heterocycles. The van der Waals surface area contributed by atoms with E-state index in [9.17, 15) is 0 Å². The largest absolute Gasteiger partial charge is 0.456 e. The molecule has 0 amide bonds. The summed E-state index contributed by atoms with van der Waals surface area (Å²) in [5, 5.41) is 2.31. The zero-order valence-corrected chi connectivity index (χ0v) is 36.9. The maximum Gasteiger partial charge on any atom is 0.136 e. The van der Waals surface area contributed by atoms with Crippen LogP contribution in [0.15, 0.2) is 205 Å². The predicted octanol–water partition coefficient (Wildman–Crippen LogP) is 17.6. The number of rotatable bonds is 6. The highest BCUT2D eigenvalue weighted by Crippen LogP contribution is 2.57. The number of para-hydroxylation sites is 1. The predicted molar refractivity (Wildman–Crippen MR) is 272 cm³/mol. The van der Waals surface area contributed by atoms with Gasteiger partial charge in [0.05, 0.1) is 0 Å². The van der Waals surface area contributed by atoms with Gasteiger partial charge >= 0.3 is 0 Å². The van der Waals surface area contributed by atoms with Crippen LogP contribution in [0.5, 0.6) is 0 Å². The van der Waals surface area contributed by atoms with E-state index in [4.69, 9.17) is 4.42 Å². The molecule has 0 bridgehead atoms. The topological polar surface area (TPSA) is 16.4 Å². The number of anilines is 3. The number of hydrogen-bond donors (Lipinski definition) is 0. The fraction of sp³-hybridized carbons (Fsp3) is 0.143. The van der Waals surface area contributed by atoms with E-state index in [1.807, 2.05) is 6.07 Å². The third-order valence-corrected chi connectivity index (χ3v) is 15.3. The molecule has 3 aliphatic carbocycles. The Morgan fingerprint density at radius 1 is 0.385 bits per heavy atom. The van der Waals surface area contributed by atoms with Gasteiger partial charge in [0.25, 0.3) is 0 Å². The Morgan fingerprint density at radius 2 is 0.892 bits per heavy atom. The third kappa shape index (κ3) is 5.73. The van der Waals surface area contributed by atoms with Crippen LogP contribution < -0.4 is 4.90 Å². The Balaban J connectivity index is 0.936. The van der Waals surface area contributed by atoms with Gasteiger partial charge in [-0.15, -0.1) is 0 Å². The van der Waals surface area contributed by atoms with Crippen LogP contribution in [0, 0.1) is 0 Å². The van der Waals surface area contributed by atoms with Gasteiger partial charge in [-0.25, -0.2) is 0 Å². The molecule has 2 nitrogen and oxygen atoms in total. The molecule has 0 radical (unpaired) electrons. The second-order valence-electron chi connectivity index (χ2n) is 19.1. The quantitative estimate of drug-likeness (QED) is 0.166. The molecule has 65 heavy (non-hydrogen) atoms. The lowest BCUT2D eigenvalue weighted by Gasteiger charge is -2.36. The second-order valence-corrected chi connectivity index (χ2v) is 19.1. The first-order chi connectivity index (χ1) is 32.0. The summed E-state index contributed by atoms with van der Waals surface area (Å²) in [7, 11) is 0. The van der Waals surface area contributed by atoms with Crippen LogP contribution in [0.4, 0.5) is 17.1 Å². The van der Waals surface area contributed by atoms with Crippen molar-refractivity contribution in [1.29, 1.82) is 0 Å². The molecule has 3 aliphatic rings. The smallest absolute Gasteiger partial charge is 0.136 e. The Kier molecular flexibility index (Phi) is 8.53.